The fourth-order valence-electron chi connectivity index (χ4n) is 0.572. The molecule has 1 aromatic heterocycles. The van der Waals surface area contributed by atoms with Crippen molar-refractivity contribution in [2.75, 3.05) is 0 Å². The van der Waals surface area contributed by atoms with E-state index in [1.54, 1.807) is 17.9 Å². The molecule has 0 aliphatic heterocycles. The number of nitrogens with zero attached hydrogens (tertiary/aromatic N) is 6. The average molecular weight is 138 g/mol. The second-order valence-electron chi connectivity index (χ2n) is 1.77. The van der Waals surface area contributed by atoms with Gasteiger partial charge in [0, 0.05) is 18.2 Å². The zero-order valence-corrected chi connectivity index (χ0v) is 5.47. The van der Waals surface area contributed by atoms with E-state index in [1.807, 2.05) is 0 Å². The third kappa shape index (κ3) is 1.46. The Labute approximate surface area is 57.1 Å². The van der Waals surface area contributed by atoms with Crippen molar-refractivity contribution in [2.45, 2.75) is 6.54 Å². The molecule has 0 fully saturated rings. The molecule has 0 aliphatic rings. The zero-order chi connectivity index (χ0) is 7.40. The van der Waals surface area contributed by atoms with E-state index in [0.717, 1.165) is 0 Å². The summed E-state index contributed by atoms with van der Waals surface area (Å²) < 4.78 is 1.56. The predicted octanol–water partition coefficient (Wildman–Crippen LogP) is 0.625. The summed E-state index contributed by atoms with van der Waals surface area (Å²) in [6.45, 7) is 0.268. The van der Waals surface area contributed by atoms with E-state index in [4.69, 9.17) is 5.53 Å². The van der Waals surface area contributed by atoms with E-state index < -0.39 is 0 Å². The lowest BCUT2D eigenvalue weighted by atomic mass is 10.5. The van der Waals surface area contributed by atoms with Crippen molar-refractivity contribution in [2.24, 2.45) is 12.2 Å². The molecule has 0 unspecified atom stereocenters. The second kappa shape index (κ2) is 2.84. The molecule has 0 radical (unpaired) electrons. The molecule has 10 heavy (non-hydrogen) atoms. The number of hydrogen-bond donors (Lipinski definition) is 0. The minimum Gasteiger partial charge on any atom is -0.255 e. The summed E-state index contributed by atoms with van der Waals surface area (Å²) in [5, 5.41) is 10.7. The normalized spacial score (nSPS) is 8.90. The Bertz CT molecular complexity index is 256. The van der Waals surface area contributed by atoms with Gasteiger partial charge in [0.25, 0.3) is 0 Å². The van der Waals surface area contributed by atoms with E-state index in [1.165, 1.54) is 0 Å². The monoisotopic (exact) mass is 138 g/mol. The predicted molar refractivity (Wildman–Crippen MR) is 33.9 cm³/mol. The van der Waals surface area contributed by atoms with Gasteiger partial charge in [-0.15, -0.1) is 5.10 Å². The van der Waals surface area contributed by atoms with Gasteiger partial charge in [-0.1, -0.05) is 10.3 Å². The molecule has 1 heterocycles. The van der Waals surface area contributed by atoms with Gasteiger partial charge in [0.1, 0.15) is 0 Å². The van der Waals surface area contributed by atoms with Crippen LogP contribution in [0.2, 0.25) is 0 Å². The minimum atomic E-state index is 0.268. The molecular formula is C4H6N6. The summed E-state index contributed by atoms with van der Waals surface area (Å²) in [7, 11) is 1.76. The third-order valence-corrected chi connectivity index (χ3v) is 0.946. The van der Waals surface area contributed by atoms with Gasteiger partial charge in [-0.2, -0.15) is 0 Å². The van der Waals surface area contributed by atoms with E-state index in [2.05, 4.69) is 20.3 Å². The molecule has 1 aromatic rings. The molecule has 0 aliphatic carbocycles. The Hall–Kier alpha value is -1.55. The molecule has 0 atom stereocenters. The van der Waals surface area contributed by atoms with Crippen LogP contribution in [0.4, 0.5) is 0 Å². The van der Waals surface area contributed by atoms with Crippen molar-refractivity contribution in [1.82, 2.24) is 15.0 Å². The van der Waals surface area contributed by atoms with Gasteiger partial charge in [-0.3, -0.25) is 4.68 Å². The molecular weight excluding hydrogens is 132 g/mol. The zero-order valence-electron chi connectivity index (χ0n) is 5.47. The number of azide groups is 1. The Balaban J connectivity index is 2.66. The molecule has 6 heteroatoms. The van der Waals surface area contributed by atoms with E-state index >= 15 is 0 Å². The van der Waals surface area contributed by atoms with Gasteiger partial charge in [-0.05, 0) is 5.53 Å². The Morgan fingerprint density at radius 3 is 3.20 bits per heavy atom. The minimum absolute atomic E-state index is 0.268. The molecule has 0 aromatic carbocycles. The van der Waals surface area contributed by atoms with Crippen molar-refractivity contribution in [1.29, 1.82) is 0 Å². The fraction of sp³-hybridized carbons (Fsp3) is 0.500. The van der Waals surface area contributed by atoms with Gasteiger partial charge < -0.3 is 0 Å². The maximum Gasteiger partial charge on any atom is 0.0884 e. The van der Waals surface area contributed by atoms with E-state index in [0.29, 0.717) is 5.69 Å². The van der Waals surface area contributed by atoms with Gasteiger partial charge in [-0.25, -0.2) is 0 Å². The molecule has 52 valence electrons. The fourth-order valence-corrected chi connectivity index (χ4v) is 0.572. The molecule has 0 saturated carbocycles. The Kier molecular flexibility index (Phi) is 1.86. The first-order valence-corrected chi connectivity index (χ1v) is 2.69. The molecule has 0 amide bonds. The summed E-state index contributed by atoms with van der Waals surface area (Å²) in [4.78, 5) is 2.59. The number of hydrogen-bond acceptors (Lipinski definition) is 3. The largest absolute Gasteiger partial charge is 0.255 e. The second-order valence-corrected chi connectivity index (χ2v) is 1.77. The SMILES string of the molecule is Cn1cc(CN=[N+]=[N-])nn1. The first-order valence-electron chi connectivity index (χ1n) is 2.69. The highest BCUT2D eigenvalue weighted by Crippen LogP contribution is 1.92. The average Bonchev–Trinajstić information content (AvgIpc) is 2.31. The van der Waals surface area contributed by atoms with Crippen LogP contribution in [0, 0.1) is 0 Å². The third-order valence-electron chi connectivity index (χ3n) is 0.946. The lowest BCUT2D eigenvalue weighted by Gasteiger charge is -1.79. The van der Waals surface area contributed by atoms with Crippen molar-refractivity contribution >= 4 is 0 Å². The van der Waals surface area contributed by atoms with Gasteiger partial charge in [0.15, 0.2) is 0 Å². The Morgan fingerprint density at radius 2 is 2.70 bits per heavy atom. The van der Waals surface area contributed by atoms with Crippen LogP contribution in [0.15, 0.2) is 11.3 Å². The topological polar surface area (TPSA) is 79.5 Å². The van der Waals surface area contributed by atoms with Gasteiger partial charge in [0.05, 0.1) is 12.2 Å². The molecule has 0 spiro atoms. The van der Waals surface area contributed by atoms with Crippen LogP contribution in [-0.2, 0) is 13.6 Å². The highest BCUT2D eigenvalue weighted by Gasteiger charge is 1.93. The molecule has 0 N–H and O–H groups in total. The maximum absolute atomic E-state index is 7.94. The first-order chi connectivity index (χ1) is 4.83. The number of rotatable bonds is 2. The first kappa shape index (κ1) is 6.57. The number of aryl methyl sites for hydroxylation is 1. The van der Waals surface area contributed by atoms with Crippen LogP contribution in [0.1, 0.15) is 5.69 Å². The smallest absolute Gasteiger partial charge is 0.0884 e. The van der Waals surface area contributed by atoms with Crippen LogP contribution in [0.3, 0.4) is 0 Å². The Morgan fingerprint density at radius 1 is 1.90 bits per heavy atom. The highest BCUT2D eigenvalue weighted by molar-refractivity contribution is 4.90. The van der Waals surface area contributed by atoms with Crippen LogP contribution >= 0.6 is 0 Å². The van der Waals surface area contributed by atoms with Crippen molar-refractivity contribution < 1.29 is 0 Å². The van der Waals surface area contributed by atoms with Crippen LogP contribution in [0.5, 0.6) is 0 Å². The van der Waals surface area contributed by atoms with Crippen LogP contribution in [-0.4, -0.2) is 15.0 Å². The standard InChI is InChI=1S/C4H6N6/c1-10-3-4(7-9-10)2-6-8-5/h3H,2H2,1H3. The maximum atomic E-state index is 7.94. The summed E-state index contributed by atoms with van der Waals surface area (Å²) in [5.41, 5.74) is 8.62. The van der Waals surface area contributed by atoms with Crippen molar-refractivity contribution in [3.05, 3.63) is 22.3 Å². The molecule has 1 rings (SSSR count). The van der Waals surface area contributed by atoms with Crippen LogP contribution < -0.4 is 0 Å². The highest BCUT2D eigenvalue weighted by atomic mass is 15.4. The summed E-state index contributed by atoms with van der Waals surface area (Å²) in [6.07, 6.45) is 1.70. The summed E-state index contributed by atoms with van der Waals surface area (Å²) >= 11 is 0. The van der Waals surface area contributed by atoms with Gasteiger partial charge >= 0.3 is 0 Å². The quantitative estimate of drug-likeness (QED) is 0.341. The van der Waals surface area contributed by atoms with E-state index in [-0.39, 0.29) is 6.54 Å². The lowest BCUT2D eigenvalue weighted by Crippen LogP contribution is -1.85. The lowest BCUT2D eigenvalue weighted by molar-refractivity contribution is 0.713. The molecule has 6 nitrogen and oxygen atoms in total. The van der Waals surface area contributed by atoms with E-state index in [9.17, 15) is 0 Å². The van der Waals surface area contributed by atoms with Crippen molar-refractivity contribution in [3.8, 4) is 0 Å². The molecule has 0 bridgehead atoms. The van der Waals surface area contributed by atoms with Gasteiger partial charge in [0.2, 0.25) is 0 Å². The summed E-state index contributed by atoms with van der Waals surface area (Å²) in [5.74, 6) is 0. The molecule has 0 saturated heterocycles. The summed E-state index contributed by atoms with van der Waals surface area (Å²) in [6, 6.07) is 0. The number of aromatic nitrogens is 3. The van der Waals surface area contributed by atoms with Crippen molar-refractivity contribution in [3.63, 3.8) is 0 Å². The van der Waals surface area contributed by atoms with Crippen LogP contribution in [0.25, 0.3) is 10.4 Å².